The van der Waals surface area contributed by atoms with Crippen molar-refractivity contribution < 1.29 is 4.21 Å². The maximum Gasteiger partial charge on any atom is 0.119 e. The largest absolute Gasteiger partial charge is 0.299 e. The first-order valence-corrected chi connectivity index (χ1v) is 12.4. The lowest BCUT2D eigenvalue weighted by atomic mass is 10.00. The molecule has 146 valence electrons. The van der Waals surface area contributed by atoms with Crippen LogP contribution < -0.4 is 4.72 Å². The average molecular weight is 411 g/mol. The van der Waals surface area contributed by atoms with Crippen LogP contribution in [0.5, 0.6) is 0 Å². The summed E-state index contributed by atoms with van der Waals surface area (Å²) < 4.78 is 16.2. The van der Waals surface area contributed by atoms with Gasteiger partial charge in [0.05, 0.1) is 4.90 Å². The van der Waals surface area contributed by atoms with Crippen molar-refractivity contribution in [2.24, 2.45) is 0 Å². The Hall–Kier alpha value is -1.79. The Kier molecular flexibility index (Phi) is 6.07. The van der Waals surface area contributed by atoms with Crippen molar-refractivity contribution in [2.75, 3.05) is 19.6 Å². The molecular formula is C23H26N2OS2. The van der Waals surface area contributed by atoms with Crippen LogP contribution in [0.4, 0.5) is 0 Å². The van der Waals surface area contributed by atoms with Crippen LogP contribution in [0, 0.1) is 0 Å². The van der Waals surface area contributed by atoms with Gasteiger partial charge in [0.15, 0.2) is 0 Å². The van der Waals surface area contributed by atoms with Crippen LogP contribution in [0.15, 0.2) is 71.6 Å². The van der Waals surface area contributed by atoms with E-state index in [4.69, 9.17) is 11.2 Å². The third-order valence-corrected chi connectivity index (χ3v) is 7.85. The van der Waals surface area contributed by atoms with E-state index in [1.54, 1.807) is 0 Å². The van der Waals surface area contributed by atoms with Gasteiger partial charge in [0.25, 0.3) is 0 Å². The summed E-state index contributed by atoms with van der Waals surface area (Å²) in [5.74, 6) is 0. The van der Waals surface area contributed by atoms with Crippen LogP contribution >= 0.6 is 0 Å². The van der Waals surface area contributed by atoms with Crippen LogP contribution in [0.1, 0.15) is 24.0 Å². The van der Waals surface area contributed by atoms with Crippen LogP contribution in [-0.4, -0.2) is 28.7 Å². The third-order valence-electron chi connectivity index (χ3n) is 5.44. The molecule has 0 aromatic heterocycles. The Bertz CT molecular complexity index is 1060. The van der Waals surface area contributed by atoms with E-state index >= 15 is 0 Å². The quantitative estimate of drug-likeness (QED) is 0.590. The van der Waals surface area contributed by atoms with Crippen LogP contribution in [0.25, 0.3) is 10.8 Å². The summed E-state index contributed by atoms with van der Waals surface area (Å²) in [5, 5.41) is 2.05. The van der Waals surface area contributed by atoms with Gasteiger partial charge in [-0.1, -0.05) is 60.7 Å². The summed E-state index contributed by atoms with van der Waals surface area (Å²) in [6, 6.07) is 22.5. The van der Waals surface area contributed by atoms with Gasteiger partial charge in [0, 0.05) is 30.8 Å². The van der Waals surface area contributed by atoms with E-state index < -0.39 is 8.68 Å². The number of nitrogens with zero attached hydrogens (tertiary/aromatic N) is 1. The molecule has 1 N–H and O–H groups in total. The number of hydrogen-bond donors (Lipinski definition) is 1. The Morgan fingerprint density at radius 3 is 2.57 bits per heavy atom. The first-order valence-electron chi connectivity index (χ1n) is 9.90. The number of unbranched alkanes of at least 4 members (excludes halogenated alkanes) is 1. The molecule has 1 unspecified atom stereocenters. The lowest BCUT2D eigenvalue weighted by molar-refractivity contribution is 0.249. The molecule has 1 aliphatic heterocycles. The minimum Gasteiger partial charge on any atom is -0.299 e. The van der Waals surface area contributed by atoms with Crippen molar-refractivity contribution in [1.82, 2.24) is 9.62 Å². The Labute approximate surface area is 172 Å². The average Bonchev–Trinajstić information content (AvgIpc) is 2.73. The summed E-state index contributed by atoms with van der Waals surface area (Å²) >= 11 is 5.46. The Balaban J connectivity index is 1.28. The van der Waals surface area contributed by atoms with Crippen molar-refractivity contribution in [3.8, 4) is 0 Å². The van der Waals surface area contributed by atoms with Crippen molar-refractivity contribution in [2.45, 2.75) is 30.7 Å². The molecule has 0 aliphatic carbocycles. The van der Waals surface area contributed by atoms with Crippen LogP contribution in [0.2, 0.25) is 0 Å². The van der Waals surface area contributed by atoms with Gasteiger partial charge in [-0.05, 0) is 53.8 Å². The number of rotatable bonds is 7. The standard InChI is InChI=1S/C23H26N2OS2/c26-28(27,23-13-7-11-20-9-3-4-12-22(20)23)24-15-5-6-16-25-17-14-19-8-1-2-10-21(19)18-25/h1-4,7-13,24H,5-6,14-18H2. The van der Waals surface area contributed by atoms with Crippen molar-refractivity contribution in [1.29, 1.82) is 0 Å². The number of fused-ring (bicyclic) bond motifs is 2. The molecular weight excluding hydrogens is 384 g/mol. The van der Waals surface area contributed by atoms with E-state index in [9.17, 15) is 4.21 Å². The van der Waals surface area contributed by atoms with Crippen molar-refractivity contribution >= 4 is 30.6 Å². The summed E-state index contributed by atoms with van der Waals surface area (Å²) in [7, 11) is -2.66. The molecule has 3 aromatic carbocycles. The van der Waals surface area contributed by atoms with Gasteiger partial charge in [-0.25, -0.2) is 8.93 Å². The molecule has 0 fully saturated rings. The maximum atomic E-state index is 13.1. The van der Waals surface area contributed by atoms with Gasteiger partial charge in [-0.3, -0.25) is 4.90 Å². The van der Waals surface area contributed by atoms with E-state index in [0.29, 0.717) is 6.54 Å². The van der Waals surface area contributed by atoms with Crippen molar-refractivity contribution in [3.05, 3.63) is 77.9 Å². The molecule has 3 aromatic rings. The number of nitrogens with one attached hydrogen (secondary N) is 1. The molecule has 0 radical (unpaired) electrons. The van der Waals surface area contributed by atoms with E-state index in [2.05, 4.69) is 33.9 Å². The molecule has 0 saturated heterocycles. The van der Waals surface area contributed by atoms with Gasteiger partial charge in [0.2, 0.25) is 0 Å². The SMILES string of the molecule is O=S(=S)(NCCCCN1CCc2ccccc2C1)c1cccc2ccccc12. The minimum atomic E-state index is -2.66. The highest BCUT2D eigenvalue weighted by atomic mass is 32.8. The van der Waals surface area contributed by atoms with Gasteiger partial charge in [-0.2, -0.15) is 0 Å². The maximum absolute atomic E-state index is 13.1. The predicted octanol–water partition coefficient (Wildman–Crippen LogP) is 4.29. The van der Waals surface area contributed by atoms with E-state index in [1.807, 2.05) is 42.5 Å². The molecule has 0 saturated carbocycles. The fourth-order valence-corrected chi connectivity index (χ4v) is 5.91. The molecule has 5 heteroatoms. The molecule has 0 spiro atoms. The second-order valence-electron chi connectivity index (χ2n) is 7.38. The summed E-state index contributed by atoms with van der Waals surface area (Å²) in [6.07, 6.45) is 3.18. The normalized spacial score (nSPS) is 16.6. The van der Waals surface area contributed by atoms with Gasteiger partial charge in [0.1, 0.15) is 8.68 Å². The summed E-state index contributed by atoms with van der Waals surface area (Å²) in [5.41, 5.74) is 2.94. The third kappa shape index (κ3) is 4.44. The first-order chi connectivity index (χ1) is 13.6. The summed E-state index contributed by atoms with van der Waals surface area (Å²) in [6.45, 7) is 3.91. The molecule has 0 bridgehead atoms. The smallest absolute Gasteiger partial charge is 0.119 e. The van der Waals surface area contributed by atoms with Crippen LogP contribution in [0.3, 0.4) is 0 Å². The highest BCUT2D eigenvalue weighted by Crippen LogP contribution is 2.23. The lowest BCUT2D eigenvalue weighted by Crippen LogP contribution is -2.32. The van der Waals surface area contributed by atoms with Gasteiger partial charge in [-0.15, -0.1) is 0 Å². The molecule has 1 heterocycles. The second-order valence-corrected chi connectivity index (χ2v) is 10.5. The molecule has 1 aliphatic rings. The molecule has 28 heavy (non-hydrogen) atoms. The van der Waals surface area contributed by atoms with Gasteiger partial charge < -0.3 is 0 Å². The fraction of sp³-hybridized carbons (Fsp3) is 0.304. The first kappa shape index (κ1) is 19.5. The molecule has 3 nitrogen and oxygen atoms in total. The van der Waals surface area contributed by atoms with Gasteiger partial charge >= 0.3 is 0 Å². The minimum absolute atomic E-state index is 0.677. The lowest BCUT2D eigenvalue weighted by Gasteiger charge is -2.28. The molecule has 0 amide bonds. The highest BCUT2D eigenvalue weighted by Gasteiger charge is 2.15. The second kappa shape index (κ2) is 8.70. The molecule has 1 atom stereocenters. The monoisotopic (exact) mass is 410 g/mol. The van der Waals surface area contributed by atoms with E-state index in [-0.39, 0.29) is 0 Å². The number of benzene rings is 3. The Morgan fingerprint density at radius 1 is 0.929 bits per heavy atom. The Morgan fingerprint density at radius 2 is 1.68 bits per heavy atom. The zero-order valence-electron chi connectivity index (χ0n) is 16.0. The molecule has 4 rings (SSSR count). The van der Waals surface area contributed by atoms with E-state index in [0.717, 1.165) is 54.6 Å². The van der Waals surface area contributed by atoms with Crippen LogP contribution in [-0.2, 0) is 32.8 Å². The zero-order chi connectivity index (χ0) is 19.4. The topological polar surface area (TPSA) is 32.3 Å². The highest BCUT2D eigenvalue weighted by molar-refractivity contribution is 8.31. The summed E-state index contributed by atoms with van der Waals surface area (Å²) in [4.78, 5) is 3.24. The van der Waals surface area contributed by atoms with Crippen molar-refractivity contribution in [3.63, 3.8) is 0 Å². The number of hydrogen-bond acceptors (Lipinski definition) is 3. The van der Waals surface area contributed by atoms with E-state index in [1.165, 1.54) is 11.1 Å². The zero-order valence-corrected chi connectivity index (χ0v) is 17.6. The predicted molar refractivity (Wildman–Crippen MR) is 120 cm³/mol. The fourth-order valence-electron chi connectivity index (χ4n) is 3.92.